The number of fused-ring (bicyclic) bond motifs is 1. The van der Waals surface area contributed by atoms with Crippen molar-refractivity contribution in [2.45, 2.75) is 34.1 Å². The molecule has 20 heavy (non-hydrogen) atoms. The van der Waals surface area contributed by atoms with Crippen molar-refractivity contribution in [1.82, 2.24) is 0 Å². The van der Waals surface area contributed by atoms with E-state index in [1.54, 1.807) is 24.2 Å². The summed E-state index contributed by atoms with van der Waals surface area (Å²) in [4.78, 5) is 0. The first-order valence-corrected chi connectivity index (χ1v) is 8.27. The summed E-state index contributed by atoms with van der Waals surface area (Å²) < 4.78 is 1.51. The maximum atomic E-state index is 2.24. The van der Waals surface area contributed by atoms with Crippen LogP contribution in [0.5, 0.6) is 0 Å². The molecule has 0 heterocycles. The Hall–Kier alpha value is -0.937. The SMILES string of the molecule is C[C](C)=[Zr].Cc1c(C2=CC=CC2)c2ccccc2[c-]1C. The molecule has 0 aromatic heterocycles. The van der Waals surface area contributed by atoms with Gasteiger partial charge in [0.1, 0.15) is 0 Å². The molecular weight excluding hydrogens is 319 g/mol. The molecule has 0 radical (unpaired) electrons. The Bertz CT molecular complexity index is 692. The summed E-state index contributed by atoms with van der Waals surface area (Å²) in [5.74, 6) is 0. The molecule has 0 fully saturated rings. The second kappa shape index (κ2) is 6.68. The van der Waals surface area contributed by atoms with E-state index < -0.39 is 0 Å². The zero-order valence-corrected chi connectivity index (χ0v) is 15.2. The monoisotopic (exact) mass is 339 g/mol. The van der Waals surface area contributed by atoms with Crippen molar-refractivity contribution in [2.24, 2.45) is 0 Å². The smallest absolute Gasteiger partial charge is 0.0183 e. The Labute approximate surface area is 136 Å². The Morgan fingerprint density at radius 3 is 2.45 bits per heavy atom. The summed E-state index contributed by atoms with van der Waals surface area (Å²) in [6, 6.07) is 8.72. The molecule has 0 saturated carbocycles. The molecule has 0 nitrogen and oxygen atoms in total. The van der Waals surface area contributed by atoms with Crippen LogP contribution in [0, 0.1) is 13.8 Å². The van der Waals surface area contributed by atoms with Crippen LogP contribution in [0.2, 0.25) is 0 Å². The zero-order valence-electron chi connectivity index (χ0n) is 12.7. The van der Waals surface area contributed by atoms with Gasteiger partial charge >= 0.3 is 41.3 Å². The van der Waals surface area contributed by atoms with Crippen LogP contribution < -0.4 is 0 Å². The average Bonchev–Trinajstić information content (AvgIpc) is 2.98. The van der Waals surface area contributed by atoms with Gasteiger partial charge in [0.15, 0.2) is 0 Å². The van der Waals surface area contributed by atoms with Crippen molar-refractivity contribution in [3.05, 3.63) is 59.2 Å². The molecule has 2 aromatic carbocycles. The predicted molar refractivity (Wildman–Crippen MR) is 87.1 cm³/mol. The molecular formula is C19H21Zr-. The molecule has 2 aromatic rings. The Morgan fingerprint density at radius 1 is 1.20 bits per heavy atom. The van der Waals surface area contributed by atoms with Crippen molar-refractivity contribution in [1.29, 1.82) is 0 Å². The van der Waals surface area contributed by atoms with Crippen molar-refractivity contribution in [3.63, 3.8) is 0 Å². The number of benzene rings is 1. The first kappa shape index (κ1) is 15.5. The van der Waals surface area contributed by atoms with Gasteiger partial charge in [0.05, 0.1) is 0 Å². The van der Waals surface area contributed by atoms with Crippen LogP contribution in [0.1, 0.15) is 37.0 Å². The van der Waals surface area contributed by atoms with E-state index in [0.29, 0.717) is 0 Å². The Kier molecular flexibility index (Phi) is 5.16. The zero-order chi connectivity index (χ0) is 14.7. The Balaban J connectivity index is 0.000000328. The molecule has 1 aliphatic carbocycles. The van der Waals surface area contributed by atoms with E-state index in [9.17, 15) is 0 Å². The molecule has 0 saturated heterocycles. The summed E-state index contributed by atoms with van der Waals surface area (Å²) in [6.07, 6.45) is 7.71. The fourth-order valence-electron chi connectivity index (χ4n) is 2.67. The van der Waals surface area contributed by atoms with Crippen LogP contribution in [0.4, 0.5) is 0 Å². The third-order valence-corrected chi connectivity index (χ3v) is 3.63. The molecule has 0 amide bonds. The minimum absolute atomic E-state index is 1.08. The van der Waals surface area contributed by atoms with Crippen molar-refractivity contribution in [2.75, 3.05) is 0 Å². The quantitative estimate of drug-likeness (QED) is 0.621. The minimum atomic E-state index is 1.08. The van der Waals surface area contributed by atoms with Gasteiger partial charge in [0.25, 0.3) is 0 Å². The molecule has 1 heteroatoms. The Morgan fingerprint density at radius 2 is 1.85 bits per heavy atom. The van der Waals surface area contributed by atoms with Gasteiger partial charge < -0.3 is 0 Å². The maximum absolute atomic E-state index is 2.24. The van der Waals surface area contributed by atoms with Crippen LogP contribution in [0.25, 0.3) is 16.3 Å². The van der Waals surface area contributed by atoms with E-state index in [2.05, 4.69) is 70.2 Å². The largest absolute Gasteiger partial charge is 0.146 e. The van der Waals surface area contributed by atoms with Crippen LogP contribution >= 0.6 is 0 Å². The van der Waals surface area contributed by atoms with Crippen LogP contribution in [0.3, 0.4) is 0 Å². The summed E-state index contributed by atoms with van der Waals surface area (Å²) in [5.41, 5.74) is 5.79. The first-order chi connectivity index (χ1) is 9.52. The second-order valence-corrected chi connectivity index (χ2v) is 7.95. The van der Waals surface area contributed by atoms with Crippen molar-refractivity contribution in [3.8, 4) is 0 Å². The fraction of sp³-hybridized carbons (Fsp3) is 0.263. The molecule has 0 atom stereocenters. The van der Waals surface area contributed by atoms with E-state index in [-0.39, 0.29) is 0 Å². The van der Waals surface area contributed by atoms with Gasteiger partial charge in [-0.1, -0.05) is 43.7 Å². The van der Waals surface area contributed by atoms with Crippen LogP contribution in [0.15, 0.2) is 42.5 Å². The van der Waals surface area contributed by atoms with Gasteiger partial charge in [0.2, 0.25) is 0 Å². The van der Waals surface area contributed by atoms with E-state index in [1.807, 2.05) is 0 Å². The molecule has 0 aliphatic heterocycles. The van der Waals surface area contributed by atoms with E-state index >= 15 is 0 Å². The van der Waals surface area contributed by atoms with E-state index in [4.69, 9.17) is 0 Å². The van der Waals surface area contributed by atoms with Crippen molar-refractivity contribution < 1.29 is 24.2 Å². The van der Waals surface area contributed by atoms with Crippen LogP contribution in [-0.2, 0) is 24.2 Å². The van der Waals surface area contributed by atoms with Gasteiger partial charge in [-0.3, -0.25) is 0 Å². The summed E-state index contributed by atoms with van der Waals surface area (Å²) in [7, 11) is 0. The van der Waals surface area contributed by atoms with Gasteiger partial charge in [-0.15, -0.1) is 45.7 Å². The van der Waals surface area contributed by atoms with Gasteiger partial charge in [0, 0.05) is 0 Å². The number of aryl methyl sites for hydroxylation is 1. The van der Waals surface area contributed by atoms with Crippen molar-refractivity contribution >= 4 is 19.6 Å². The predicted octanol–water partition coefficient (Wildman–Crippen LogP) is 5.26. The topological polar surface area (TPSA) is 0 Å². The summed E-state index contributed by atoms with van der Waals surface area (Å²) in [6.45, 7) is 8.71. The molecule has 0 N–H and O–H groups in total. The molecule has 0 spiro atoms. The molecule has 0 bridgehead atoms. The third-order valence-electron chi connectivity index (χ3n) is 3.63. The third kappa shape index (κ3) is 3.21. The summed E-state index contributed by atoms with van der Waals surface area (Å²) in [5, 5.41) is 2.82. The average molecular weight is 341 g/mol. The number of hydrogen-bond acceptors (Lipinski definition) is 0. The van der Waals surface area contributed by atoms with Gasteiger partial charge in [-0.05, 0) is 6.42 Å². The number of rotatable bonds is 1. The molecule has 3 rings (SSSR count). The molecule has 1 aliphatic rings. The van der Waals surface area contributed by atoms with E-state index in [0.717, 1.165) is 6.42 Å². The number of allylic oxidation sites excluding steroid dienone is 4. The second-order valence-electron chi connectivity index (χ2n) is 5.49. The minimum Gasteiger partial charge on any atom is -0.146 e. The maximum Gasteiger partial charge on any atom is -0.0183 e. The molecule has 102 valence electrons. The first-order valence-electron chi connectivity index (χ1n) is 7.04. The fourth-order valence-corrected chi connectivity index (χ4v) is 2.67. The van der Waals surface area contributed by atoms with Gasteiger partial charge in [-0.2, -0.15) is 0 Å². The van der Waals surface area contributed by atoms with Crippen LogP contribution in [-0.4, -0.2) is 3.21 Å². The molecule has 0 unspecified atom stereocenters. The van der Waals surface area contributed by atoms with Gasteiger partial charge in [-0.25, -0.2) is 0 Å². The van der Waals surface area contributed by atoms with E-state index in [1.165, 1.54) is 36.2 Å². The standard InChI is InChI=1S/C16H15.C3H6.Zr/c1-11-12(2)16(13-7-3-4-8-13)15-10-6-5-9-14(11)15;1-3-2;/h3-7,9-10H,8H2,1-2H3;1-2H3;/q-1;;. The normalized spacial score (nSPS) is 13.1. The summed E-state index contributed by atoms with van der Waals surface area (Å²) >= 11 is 1.55. The number of hydrogen-bond donors (Lipinski definition) is 0.